The van der Waals surface area contributed by atoms with Crippen LogP contribution in [0.3, 0.4) is 0 Å². The van der Waals surface area contributed by atoms with Gasteiger partial charge in [0.1, 0.15) is 12.1 Å². The number of anilines is 1. The van der Waals surface area contributed by atoms with E-state index in [-0.39, 0.29) is 12.1 Å². The van der Waals surface area contributed by atoms with Gasteiger partial charge >= 0.3 is 0 Å². The molecule has 0 aromatic carbocycles. The zero-order valence-electron chi connectivity index (χ0n) is 10.4. The molecule has 0 amide bonds. The molecule has 4 heteroatoms. The van der Waals surface area contributed by atoms with Crippen molar-refractivity contribution in [2.75, 3.05) is 11.9 Å². The summed E-state index contributed by atoms with van der Waals surface area (Å²) >= 11 is 0. The summed E-state index contributed by atoms with van der Waals surface area (Å²) < 4.78 is 0. The fourth-order valence-electron chi connectivity index (χ4n) is 2.48. The van der Waals surface area contributed by atoms with Gasteiger partial charge in [-0.15, -0.1) is 0 Å². The Morgan fingerprint density at radius 1 is 1.29 bits per heavy atom. The van der Waals surface area contributed by atoms with Crippen LogP contribution in [-0.4, -0.2) is 27.2 Å². The van der Waals surface area contributed by atoms with Gasteiger partial charge < -0.3 is 10.4 Å². The van der Waals surface area contributed by atoms with Gasteiger partial charge in [0.15, 0.2) is 0 Å². The van der Waals surface area contributed by atoms with E-state index in [9.17, 15) is 5.11 Å². The van der Waals surface area contributed by atoms with Crippen molar-refractivity contribution in [3.63, 3.8) is 0 Å². The number of aliphatic hydroxyl groups excluding tert-OH is 1. The topological polar surface area (TPSA) is 58.0 Å². The van der Waals surface area contributed by atoms with Crippen LogP contribution in [-0.2, 0) is 6.42 Å². The minimum Gasteiger partial charge on any atom is -0.394 e. The van der Waals surface area contributed by atoms with Gasteiger partial charge in [0, 0.05) is 11.8 Å². The predicted molar refractivity (Wildman–Crippen MR) is 67.9 cm³/mol. The SMILES string of the molecule is CCc1cc(NC2(CO)CCCCC2)ncn1. The van der Waals surface area contributed by atoms with E-state index in [4.69, 9.17) is 0 Å². The van der Waals surface area contributed by atoms with Gasteiger partial charge in [-0.1, -0.05) is 26.2 Å². The lowest BCUT2D eigenvalue weighted by atomic mass is 9.82. The molecule has 1 aliphatic rings. The molecule has 1 fully saturated rings. The molecule has 1 saturated carbocycles. The quantitative estimate of drug-likeness (QED) is 0.839. The molecule has 1 aromatic heterocycles. The Kier molecular flexibility index (Phi) is 3.94. The lowest BCUT2D eigenvalue weighted by Gasteiger charge is -2.36. The summed E-state index contributed by atoms with van der Waals surface area (Å²) in [6.45, 7) is 2.26. The summed E-state index contributed by atoms with van der Waals surface area (Å²) in [5, 5.41) is 13.0. The number of nitrogens with zero attached hydrogens (tertiary/aromatic N) is 2. The zero-order valence-corrected chi connectivity index (χ0v) is 10.4. The van der Waals surface area contributed by atoms with Crippen LogP contribution in [0.25, 0.3) is 0 Å². The fourth-order valence-corrected chi connectivity index (χ4v) is 2.48. The molecule has 4 nitrogen and oxygen atoms in total. The fraction of sp³-hybridized carbons (Fsp3) is 0.692. The first-order valence-electron chi connectivity index (χ1n) is 6.48. The summed E-state index contributed by atoms with van der Waals surface area (Å²) in [5.41, 5.74) is 0.865. The molecule has 2 N–H and O–H groups in total. The van der Waals surface area contributed by atoms with E-state index < -0.39 is 0 Å². The van der Waals surface area contributed by atoms with Crippen molar-refractivity contribution < 1.29 is 5.11 Å². The van der Waals surface area contributed by atoms with Crippen LogP contribution in [0.1, 0.15) is 44.7 Å². The molecule has 17 heavy (non-hydrogen) atoms. The monoisotopic (exact) mass is 235 g/mol. The van der Waals surface area contributed by atoms with Gasteiger partial charge in [0.25, 0.3) is 0 Å². The number of aryl methyl sites for hydroxylation is 1. The van der Waals surface area contributed by atoms with Crippen molar-refractivity contribution in [2.24, 2.45) is 0 Å². The molecule has 0 unspecified atom stereocenters. The maximum absolute atomic E-state index is 9.62. The van der Waals surface area contributed by atoms with Crippen molar-refractivity contribution >= 4 is 5.82 Å². The van der Waals surface area contributed by atoms with Gasteiger partial charge in [-0.3, -0.25) is 0 Å². The van der Waals surface area contributed by atoms with E-state index >= 15 is 0 Å². The van der Waals surface area contributed by atoms with E-state index in [1.807, 2.05) is 6.07 Å². The van der Waals surface area contributed by atoms with E-state index in [0.717, 1.165) is 30.8 Å². The van der Waals surface area contributed by atoms with Gasteiger partial charge in [0.05, 0.1) is 12.1 Å². The first-order chi connectivity index (χ1) is 8.28. The molecule has 0 saturated heterocycles. The van der Waals surface area contributed by atoms with Crippen LogP contribution < -0.4 is 5.32 Å². The number of nitrogens with one attached hydrogen (secondary N) is 1. The van der Waals surface area contributed by atoms with E-state index in [2.05, 4.69) is 22.2 Å². The minimum absolute atomic E-state index is 0.169. The second kappa shape index (κ2) is 5.45. The second-order valence-corrected chi connectivity index (χ2v) is 4.87. The minimum atomic E-state index is -0.169. The maximum Gasteiger partial charge on any atom is 0.130 e. The van der Waals surface area contributed by atoms with Crippen molar-refractivity contribution in [1.29, 1.82) is 0 Å². The average Bonchev–Trinajstić information content (AvgIpc) is 2.40. The Labute approximate surface area is 102 Å². The highest BCUT2D eigenvalue weighted by atomic mass is 16.3. The molecular weight excluding hydrogens is 214 g/mol. The van der Waals surface area contributed by atoms with Crippen LogP contribution in [0.4, 0.5) is 5.82 Å². The summed E-state index contributed by atoms with van der Waals surface area (Å²) in [6, 6.07) is 1.98. The number of rotatable bonds is 4. The van der Waals surface area contributed by atoms with Crippen LogP contribution in [0.15, 0.2) is 12.4 Å². The molecule has 0 aliphatic heterocycles. The summed E-state index contributed by atoms with van der Waals surface area (Å²) in [5.74, 6) is 0.841. The Balaban J connectivity index is 2.11. The molecule has 1 aromatic rings. The molecule has 1 aliphatic carbocycles. The van der Waals surface area contributed by atoms with Crippen molar-refractivity contribution in [2.45, 2.75) is 51.0 Å². The molecule has 0 bridgehead atoms. The van der Waals surface area contributed by atoms with Crippen molar-refractivity contribution in [3.8, 4) is 0 Å². The first kappa shape index (κ1) is 12.3. The number of aromatic nitrogens is 2. The third-order valence-corrected chi connectivity index (χ3v) is 3.59. The van der Waals surface area contributed by atoms with E-state index in [1.165, 1.54) is 19.3 Å². The number of aliphatic hydroxyl groups is 1. The van der Waals surface area contributed by atoms with Crippen molar-refractivity contribution in [3.05, 3.63) is 18.1 Å². The molecule has 1 heterocycles. The van der Waals surface area contributed by atoms with Crippen LogP contribution in [0, 0.1) is 0 Å². The van der Waals surface area contributed by atoms with Gasteiger partial charge in [-0.25, -0.2) is 9.97 Å². The third kappa shape index (κ3) is 2.94. The highest BCUT2D eigenvalue weighted by Gasteiger charge is 2.31. The summed E-state index contributed by atoms with van der Waals surface area (Å²) in [4.78, 5) is 8.43. The van der Waals surface area contributed by atoms with Crippen LogP contribution in [0.5, 0.6) is 0 Å². The number of hydrogen-bond donors (Lipinski definition) is 2. The lowest BCUT2D eigenvalue weighted by molar-refractivity contribution is 0.172. The lowest BCUT2D eigenvalue weighted by Crippen LogP contribution is -2.44. The third-order valence-electron chi connectivity index (χ3n) is 3.59. The first-order valence-corrected chi connectivity index (χ1v) is 6.48. The van der Waals surface area contributed by atoms with Gasteiger partial charge in [-0.05, 0) is 19.3 Å². The summed E-state index contributed by atoms with van der Waals surface area (Å²) in [6.07, 6.45) is 8.17. The Morgan fingerprint density at radius 2 is 2.06 bits per heavy atom. The predicted octanol–water partition coefficient (Wildman–Crippen LogP) is 2.15. The van der Waals surface area contributed by atoms with Crippen LogP contribution in [0.2, 0.25) is 0 Å². The Hall–Kier alpha value is -1.16. The maximum atomic E-state index is 9.62. The molecule has 0 atom stereocenters. The van der Waals surface area contributed by atoms with E-state index in [0.29, 0.717) is 0 Å². The largest absolute Gasteiger partial charge is 0.394 e. The van der Waals surface area contributed by atoms with E-state index in [1.54, 1.807) is 6.33 Å². The molecule has 0 spiro atoms. The molecule has 2 rings (SSSR count). The number of hydrogen-bond acceptors (Lipinski definition) is 4. The highest BCUT2D eigenvalue weighted by molar-refractivity contribution is 5.38. The second-order valence-electron chi connectivity index (χ2n) is 4.87. The Bertz CT molecular complexity index is 361. The molecular formula is C13H21N3O. The average molecular weight is 235 g/mol. The Morgan fingerprint density at radius 3 is 2.71 bits per heavy atom. The zero-order chi connectivity index (χ0) is 12.1. The summed E-state index contributed by atoms with van der Waals surface area (Å²) in [7, 11) is 0. The molecule has 0 radical (unpaired) electrons. The van der Waals surface area contributed by atoms with Crippen LogP contribution >= 0.6 is 0 Å². The van der Waals surface area contributed by atoms with Gasteiger partial charge in [0.2, 0.25) is 0 Å². The smallest absolute Gasteiger partial charge is 0.130 e. The van der Waals surface area contributed by atoms with Gasteiger partial charge in [-0.2, -0.15) is 0 Å². The standard InChI is InChI=1S/C13H21N3O/c1-2-11-8-12(15-10-14-11)16-13(9-17)6-4-3-5-7-13/h8,10,17H,2-7,9H2,1H3,(H,14,15,16). The normalized spacial score (nSPS) is 18.9. The highest BCUT2D eigenvalue weighted by Crippen LogP contribution is 2.30. The molecule has 94 valence electrons. The van der Waals surface area contributed by atoms with Crippen molar-refractivity contribution in [1.82, 2.24) is 9.97 Å².